The number of benzene rings is 1. The molecule has 0 aromatic heterocycles. The van der Waals surface area contributed by atoms with Gasteiger partial charge in [0, 0.05) is 17.7 Å². The topological polar surface area (TPSA) is 47.6 Å². The van der Waals surface area contributed by atoms with Crippen LogP contribution in [0.15, 0.2) is 18.2 Å². The zero-order valence-electron chi connectivity index (χ0n) is 12.4. The van der Waals surface area contributed by atoms with Gasteiger partial charge in [-0.15, -0.1) is 0 Å². The third kappa shape index (κ3) is 4.49. The first kappa shape index (κ1) is 16.4. The number of carbonyl (C=O) groups excluding carboxylic acids is 1. The number of halogens is 1. The van der Waals surface area contributed by atoms with Crippen LogP contribution in [0.5, 0.6) is 5.75 Å². The zero-order chi connectivity index (χ0) is 15.1. The average molecular weight is 283 g/mol. The summed E-state index contributed by atoms with van der Waals surface area (Å²) in [6.45, 7) is 8.33. The van der Waals surface area contributed by atoms with Crippen molar-refractivity contribution in [3.05, 3.63) is 29.6 Å². The standard InChI is InChI=1S/C15H22FNO3/c1-5-17-10(3)13-8-7-12(16)9-14(13)20-11(4)15(18)19-6-2/h7-11,17H,5-6H2,1-4H3. The summed E-state index contributed by atoms with van der Waals surface area (Å²) in [6.07, 6.45) is -0.774. The van der Waals surface area contributed by atoms with Gasteiger partial charge in [0.2, 0.25) is 0 Å². The first-order valence-corrected chi connectivity index (χ1v) is 6.85. The minimum Gasteiger partial charge on any atom is -0.479 e. The van der Waals surface area contributed by atoms with E-state index in [0.29, 0.717) is 5.75 Å². The number of esters is 1. The Bertz CT molecular complexity index is 451. The van der Waals surface area contributed by atoms with Crippen LogP contribution in [0.4, 0.5) is 4.39 Å². The van der Waals surface area contributed by atoms with E-state index in [2.05, 4.69) is 5.32 Å². The molecule has 0 radical (unpaired) electrons. The number of ether oxygens (including phenoxy) is 2. The van der Waals surface area contributed by atoms with Gasteiger partial charge >= 0.3 is 5.97 Å². The van der Waals surface area contributed by atoms with Crippen LogP contribution < -0.4 is 10.1 Å². The van der Waals surface area contributed by atoms with Crippen LogP contribution in [0.3, 0.4) is 0 Å². The Morgan fingerprint density at radius 1 is 1.35 bits per heavy atom. The minimum atomic E-state index is -0.774. The molecule has 0 aliphatic heterocycles. The van der Waals surface area contributed by atoms with Crippen molar-refractivity contribution < 1.29 is 18.7 Å². The summed E-state index contributed by atoms with van der Waals surface area (Å²) in [5.74, 6) is -0.499. The van der Waals surface area contributed by atoms with Crippen molar-refractivity contribution in [3.8, 4) is 5.75 Å². The molecule has 1 rings (SSSR count). The molecule has 0 amide bonds. The summed E-state index contributed by atoms with van der Waals surface area (Å²) in [7, 11) is 0. The van der Waals surface area contributed by atoms with Crippen LogP contribution in [0.1, 0.15) is 39.3 Å². The molecule has 0 fully saturated rings. The molecule has 112 valence electrons. The van der Waals surface area contributed by atoms with E-state index in [4.69, 9.17) is 9.47 Å². The molecule has 0 bridgehead atoms. The molecule has 2 unspecified atom stereocenters. The molecule has 0 saturated carbocycles. The van der Waals surface area contributed by atoms with Gasteiger partial charge in [0.05, 0.1) is 6.61 Å². The predicted molar refractivity (Wildman–Crippen MR) is 75.2 cm³/mol. The fraction of sp³-hybridized carbons (Fsp3) is 0.533. The molecule has 1 aromatic rings. The third-order valence-electron chi connectivity index (χ3n) is 2.87. The molecule has 2 atom stereocenters. The highest BCUT2D eigenvalue weighted by Crippen LogP contribution is 2.27. The Labute approximate surface area is 119 Å². The summed E-state index contributed by atoms with van der Waals surface area (Å²) in [6, 6.07) is 4.34. The van der Waals surface area contributed by atoms with Crippen molar-refractivity contribution in [2.45, 2.75) is 39.8 Å². The van der Waals surface area contributed by atoms with Crippen molar-refractivity contribution in [3.63, 3.8) is 0 Å². The van der Waals surface area contributed by atoms with E-state index >= 15 is 0 Å². The van der Waals surface area contributed by atoms with Gasteiger partial charge in [-0.2, -0.15) is 0 Å². The number of carbonyl (C=O) groups is 1. The number of nitrogens with one attached hydrogen (secondary N) is 1. The highest BCUT2D eigenvalue weighted by Gasteiger charge is 2.19. The van der Waals surface area contributed by atoms with Gasteiger partial charge in [-0.05, 0) is 33.4 Å². The fourth-order valence-corrected chi connectivity index (χ4v) is 1.88. The van der Waals surface area contributed by atoms with Gasteiger partial charge in [0.15, 0.2) is 6.10 Å². The Morgan fingerprint density at radius 2 is 2.05 bits per heavy atom. The molecule has 0 aliphatic carbocycles. The van der Waals surface area contributed by atoms with Gasteiger partial charge in [-0.1, -0.05) is 13.0 Å². The summed E-state index contributed by atoms with van der Waals surface area (Å²) < 4.78 is 23.8. The lowest BCUT2D eigenvalue weighted by molar-refractivity contribution is -0.150. The molecule has 1 N–H and O–H groups in total. The highest BCUT2D eigenvalue weighted by molar-refractivity contribution is 5.74. The van der Waals surface area contributed by atoms with Gasteiger partial charge in [0.25, 0.3) is 0 Å². The normalized spacial score (nSPS) is 13.7. The first-order chi connectivity index (χ1) is 9.49. The lowest BCUT2D eigenvalue weighted by atomic mass is 10.1. The van der Waals surface area contributed by atoms with Crippen molar-refractivity contribution >= 4 is 5.97 Å². The second-order valence-electron chi connectivity index (χ2n) is 4.47. The second kappa shape index (κ2) is 7.85. The van der Waals surface area contributed by atoms with Crippen molar-refractivity contribution in [1.82, 2.24) is 5.32 Å². The van der Waals surface area contributed by atoms with E-state index in [1.807, 2.05) is 13.8 Å². The largest absolute Gasteiger partial charge is 0.479 e. The Morgan fingerprint density at radius 3 is 2.65 bits per heavy atom. The van der Waals surface area contributed by atoms with E-state index in [1.54, 1.807) is 19.9 Å². The smallest absolute Gasteiger partial charge is 0.347 e. The van der Waals surface area contributed by atoms with Crippen molar-refractivity contribution in [2.75, 3.05) is 13.2 Å². The lowest BCUT2D eigenvalue weighted by Crippen LogP contribution is -2.27. The average Bonchev–Trinajstić information content (AvgIpc) is 2.39. The molecule has 0 saturated heterocycles. The van der Waals surface area contributed by atoms with E-state index in [-0.39, 0.29) is 12.6 Å². The summed E-state index contributed by atoms with van der Waals surface area (Å²) in [4.78, 5) is 11.6. The molecule has 0 aliphatic rings. The van der Waals surface area contributed by atoms with Crippen LogP contribution in [0, 0.1) is 5.82 Å². The molecule has 1 aromatic carbocycles. The van der Waals surface area contributed by atoms with Gasteiger partial charge < -0.3 is 14.8 Å². The number of rotatable bonds is 7. The van der Waals surface area contributed by atoms with Crippen LogP contribution in [-0.2, 0) is 9.53 Å². The minimum absolute atomic E-state index is 0.00463. The SMILES string of the molecule is CCNC(C)c1ccc(F)cc1OC(C)C(=O)OCC. The van der Waals surface area contributed by atoms with Crippen LogP contribution >= 0.6 is 0 Å². The number of hydrogen-bond donors (Lipinski definition) is 1. The Hall–Kier alpha value is -1.62. The maximum absolute atomic E-state index is 13.4. The maximum atomic E-state index is 13.4. The molecule has 5 heteroatoms. The predicted octanol–water partition coefficient (Wildman–Crippen LogP) is 2.83. The second-order valence-corrected chi connectivity index (χ2v) is 4.47. The fourth-order valence-electron chi connectivity index (χ4n) is 1.88. The van der Waals surface area contributed by atoms with Gasteiger partial charge in [-0.3, -0.25) is 0 Å². The van der Waals surface area contributed by atoms with E-state index < -0.39 is 17.9 Å². The van der Waals surface area contributed by atoms with Crippen molar-refractivity contribution in [1.29, 1.82) is 0 Å². The zero-order valence-corrected chi connectivity index (χ0v) is 12.4. The Balaban J connectivity index is 2.92. The maximum Gasteiger partial charge on any atom is 0.347 e. The van der Waals surface area contributed by atoms with Crippen LogP contribution in [0.2, 0.25) is 0 Å². The molecular formula is C15H22FNO3. The highest BCUT2D eigenvalue weighted by atomic mass is 19.1. The summed E-state index contributed by atoms with van der Waals surface area (Å²) in [5.41, 5.74) is 0.810. The lowest BCUT2D eigenvalue weighted by Gasteiger charge is -2.20. The van der Waals surface area contributed by atoms with Crippen LogP contribution in [0.25, 0.3) is 0 Å². The van der Waals surface area contributed by atoms with Crippen molar-refractivity contribution in [2.24, 2.45) is 0 Å². The van der Waals surface area contributed by atoms with E-state index in [9.17, 15) is 9.18 Å². The number of hydrogen-bond acceptors (Lipinski definition) is 4. The Kier molecular flexibility index (Phi) is 6.45. The van der Waals surface area contributed by atoms with E-state index in [0.717, 1.165) is 12.1 Å². The summed E-state index contributed by atoms with van der Waals surface area (Å²) in [5, 5.41) is 3.23. The van der Waals surface area contributed by atoms with E-state index in [1.165, 1.54) is 12.1 Å². The molecular weight excluding hydrogens is 261 g/mol. The van der Waals surface area contributed by atoms with Crippen LogP contribution in [-0.4, -0.2) is 25.2 Å². The van der Waals surface area contributed by atoms with Gasteiger partial charge in [0.1, 0.15) is 11.6 Å². The quantitative estimate of drug-likeness (QED) is 0.782. The molecule has 0 heterocycles. The molecule has 0 spiro atoms. The summed E-state index contributed by atoms with van der Waals surface area (Å²) >= 11 is 0. The first-order valence-electron chi connectivity index (χ1n) is 6.85. The monoisotopic (exact) mass is 283 g/mol. The third-order valence-corrected chi connectivity index (χ3v) is 2.87. The molecule has 20 heavy (non-hydrogen) atoms. The molecule has 4 nitrogen and oxygen atoms in total. The van der Waals surface area contributed by atoms with Gasteiger partial charge in [-0.25, -0.2) is 9.18 Å².